The molecule has 102 valence electrons. The molecule has 1 N–H and O–H groups in total. The molecule has 3 nitrogen and oxygen atoms in total. The van der Waals surface area contributed by atoms with Gasteiger partial charge >= 0.3 is 0 Å². The van der Waals surface area contributed by atoms with Gasteiger partial charge in [0.25, 0.3) is 0 Å². The van der Waals surface area contributed by atoms with Crippen molar-refractivity contribution in [2.45, 2.75) is 45.2 Å². The topological polar surface area (TPSA) is 38.1 Å². The molecule has 0 spiro atoms. The van der Waals surface area contributed by atoms with Crippen molar-refractivity contribution in [3.8, 4) is 0 Å². The lowest BCUT2D eigenvalue weighted by Gasteiger charge is -2.18. The third kappa shape index (κ3) is 4.52. The Balaban J connectivity index is 1.93. The van der Waals surface area contributed by atoms with E-state index in [0.29, 0.717) is 6.04 Å². The molecule has 19 heavy (non-hydrogen) atoms. The van der Waals surface area contributed by atoms with Crippen molar-refractivity contribution < 1.29 is 4.52 Å². The summed E-state index contributed by atoms with van der Waals surface area (Å²) in [6.45, 7) is 2.96. The molecular formula is C16H22N2O. The third-order valence-corrected chi connectivity index (χ3v) is 3.31. The normalized spacial score (nSPS) is 12.5. The van der Waals surface area contributed by atoms with Gasteiger partial charge in [-0.05, 0) is 12.0 Å². The second-order valence-electron chi connectivity index (χ2n) is 4.82. The Morgan fingerprint density at radius 3 is 2.68 bits per heavy atom. The molecule has 0 saturated carbocycles. The van der Waals surface area contributed by atoms with Gasteiger partial charge in [-0.3, -0.25) is 0 Å². The van der Waals surface area contributed by atoms with Crippen molar-refractivity contribution in [2.24, 2.45) is 0 Å². The van der Waals surface area contributed by atoms with Gasteiger partial charge in [-0.2, -0.15) is 0 Å². The van der Waals surface area contributed by atoms with Crippen LogP contribution in [0.2, 0.25) is 0 Å². The van der Waals surface area contributed by atoms with E-state index < -0.39 is 0 Å². The van der Waals surface area contributed by atoms with E-state index in [1.54, 1.807) is 6.20 Å². The van der Waals surface area contributed by atoms with Crippen LogP contribution < -0.4 is 5.32 Å². The molecule has 0 fully saturated rings. The molecule has 0 saturated heterocycles. The van der Waals surface area contributed by atoms with Gasteiger partial charge in [-0.15, -0.1) is 0 Å². The largest absolute Gasteiger partial charge is 0.360 e. The fourth-order valence-corrected chi connectivity index (χ4v) is 2.23. The van der Waals surface area contributed by atoms with E-state index in [4.69, 9.17) is 4.52 Å². The molecule has 1 atom stereocenters. The molecule has 0 aliphatic heterocycles. The Morgan fingerprint density at radius 2 is 2.00 bits per heavy atom. The van der Waals surface area contributed by atoms with Gasteiger partial charge in [0.1, 0.15) is 5.76 Å². The summed E-state index contributed by atoms with van der Waals surface area (Å²) in [6.07, 6.45) is 6.63. The Labute approximate surface area is 115 Å². The molecule has 1 aromatic carbocycles. The first kappa shape index (κ1) is 13.8. The minimum Gasteiger partial charge on any atom is -0.360 e. The molecule has 1 aromatic heterocycles. The number of hydrogen-bond acceptors (Lipinski definition) is 3. The highest BCUT2D eigenvalue weighted by atomic mass is 16.5. The minimum atomic E-state index is 0.387. The van der Waals surface area contributed by atoms with Crippen LogP contribution in [0.4, 0.5) is 0 Å². The van der Waals surface area contributed by atoms with E-state index in [2.05, 4.69) is 47.7 Å². The zero-order valence-electron chi connectivity index (χ0n) is 11.5. The van der Waals surface area contributed by atoms with Crippen molar-refractivity contribution in [3.63, 3.8) is 0 Å². The third-order valence-electron chi connectivity index (χ3n) is 3.31. The summed E-state index contributed by atoms with van der Waals surface area (Å²) in [6, 6.07) is 12.9. The van der Waals surface area contributed by atoms with Crippen molar-refractivity contribution in [1.29, 1.82) is 0 Å². The number of benzene rings is 1. The summed E-state index contributed by atoms with van der Waals surface area (Å²) in [5.41, 5.74) is 1.35. The van der Waals surface area contributed by atoms with Crippen LogP contribution >= 0.6 is 0 Å². The van der Waals surface area contributed by atoms with Crippen LogP contribution in [0.15, 0.2) is 47.1 Å². The molecule has 0 bridgehead atoms. The molecule has 0 radical (unpaired) electrons. The number of unbranched alkanes of at least 4 members (excludes halogenated alkanes) is 2. The number of nitrogens with one attached hydrogen (secondary N) is 1. The van der Waals surface area contributed by atoms with E-state index in [1.165, 1.54) is 24.8 Å². The standard InChI is InChI=1S/C16H22N2O/c1-2-3-5-10-16(14-8-6-4-7-9-14)17-13-15-11-12-18-19-15/h4,6-9,11-12,16-17H,2-3,5,10,13H2,1H3. The first-order valence-corrected chi connectivity index (χ1v) is 7.08. The van der Waals surface area contributed by atoms with E-state index >= 15 is 0 Å². The molecule has 3 heteroatoms. The average molecular weight is 258 g/mol. The van der Waals surface area contributed by atoms with Gasteiger partial charge in [0.15, 0.2) is 0 Å². The number of hydrogen-bond donors (Lipinski definition) is 1. The molecule has 2 aromatic rings. The second kappa shape index (κ2) is 7.74. The summed E-state index contributed by atoms with van der Waals surface area (Å²) in [4.78, 5) is 0. The number of rotatable bonds is 8. The van der Waals surface area contributed by atoms with E-state index in [0.717, 1.165) is 18.7 Å². The molecule has 0 aliphatic rings. The van der Waals surface area contributed by atoms with Crippen molar-refractivity contribution in [3.05, 3.63) is 53.9 Å². The second-order valence-corrected chi connectivity index (χ2v) is 4.82. The maximum absolute atomic E-state index is 5.13. The molecule has 1 unspecified atom stereocenters. The SMILES string of the molecule is CCCCCC(NCc1ccno1)c1ccccc1. The van der Waals surface area contributed by atoms with Gasteiger partial charge in [-0.25, -0.2) is 0 Å². The fourth-order valence-electron chi connectivity index (χ4n) is 2.23. The smallest absolute Gasteiger partial charge is 0.150 e. The average Bonchev–Trinajstić information content (AvgIpc) is 2.97. The first-order valence-electron chi connectivity index (χ1n) is 7.08. The van der Waals surface area contributed by atoms with Gasteiger partial charge in [0.05, 0.1) is 12.7 Å². The fraction of sp³-hybridized carbons (Fsp3) is 0.438. The zero-order chi connectivity index (χ0) is 13.3. The summed E-state index contributed by atoms with van der Waals surface area (Å²) in [7, 11) is 0. The highest BCUT2D eigenvalue weighted by Crippen LogP contribution is 2.20. The van der Waals surface area contributed by atoms with Crippen molar-refractivity contribution in [2.75, 3.05) is 0 Å². The maximum atomic E-state index is 5.13. The predicted molar refractivity (Wildman–Crippen MR) is 76.7 cm³/mol. The van der Waals surface area contributed by atoms with Crippen molar-refractivity contribution >= 4 is 0 Å². The van der Waals surface area contributed by atoms with E-state index in [-0.39, 0.29) is 0 Å². The molecule has 2 rings (SSSR count). The number of nitrogens with zero attached hydrogens (tertiary/aromatic N) is 1. The molecule has 0 aliphatic carbocycles. The van der Waals surface area contributed by atoms with E-state index in [9.17, 15) is 0 Å². The predicted octanol–water partition coefficient (Wildman–Crippen LogP) is 4.09. The molecule has 1 heterocycles. The Hall–Kier alpha value is -1.61. The van der Waals surface area contributed by atoms with Crippen LogP contribution in [0.25, 0.3) is 0 Å². The quantitative estimate of drug-likeness (QED) is 0.725. The number of aromatic nitrogens is 1. The molecular weight excluding hydrogens is 236 g/mol. The van der Waals surface area contributed by atoms with Gasteiger partial charge < -0.3 is 9.84 Å². The van der Waals surface area contributed by atoms with Crippen LogP contribution in [0.5, 0.6) is 0 Å². The summed E-state index contributed by atoms with van der Waals surface area (Å²) < 4.78 is 5.13. The minimum absolute atomic E-state index is 0.387. The van der Waals surface area contributed by atoms with Crippen LogP contribution in [0.3, 0.4) is 0 Å². The Kier molecular flexibility index (Phi) is 5.63. The Bertz CT molecular complexity index is 439. The summed E-state index contributed by atoms with van der Waals surface area (Å²) in [5, 5.41) is 7.30. The summed E-state index contributed by atoms with van der Waals surface area (Å²) >= 11 is 0. The molecule has 0 amide bonds. The van der Waals surface area contributed by atoms with Crippen LogP contribution in [0, 0.1) is 0 Å². The lowest BCUT2D eigenvalue weighted by Crippen LogP contribution is -2.20. The van der Waals surface area contributed by atoms with Gasteiger partial charge in [0, 0.05) is 12.1 Å². The van der Waals surface area contributed by atoms with Gasteiger partial charge in [-0.1, -0.05) is 61.7 Å². The Morgan fingerprint density at radius 1 is 1.16 bits per heavy atom. The van der Waals surface area contributed by atoms with Gasteiger partial charge in [0.2, 0.25) is 0 Å². The summed E-state index contributed by atoms with van der Waals surface area (Å²) in [5.74, 6) is 0.886. The maximum Gasteiger partial charge on any atom is 0.150 e. The lowest BCUT2D eigenvalue weighted by atomic mass is 10.0. The monoisotopic (exact) mass is 258 g/mol. The van der Waals surface area contributed by atoms with Crippen LogP contribution in [-0.2, 0) is 6.54 Å². The lowest BCUT2D eigenvalue weighted by molar-refractivity contribution is 0.358. The van der Waals surface area contributed by atoms with Crippen LogP contribution in [0.1, 0.15) is 50.0 Å². The highest BCUT2D eigenvalue weighted by Gasteiger charge is 2.11. The van der Waals surface area contributed by atoms with E-state index in [1.807, 2.05) is 6.07 Å². The first-order chi connectivity index (χ1) is 9.40. The van der Waals surface area contributed by atoms with Crippen molar-refractivity contribution in [1.82, 2.24) is 10.5 Å². The zero-order valence-corrected chi connectivity index (χ0v) is 11.5. The van der Waals surface area contributed by atoms with Crippen LogP contribution in [-0.4, -0.2) is 5.16 Å². The highest BCUT2D eigenvalue weighted by molar-refractivity contribution is 5.18.